The molecule has 0 saturated heterocycles. The molecule has 0 saturated carbocycles. The first-order valence-corrected chi connectivity index (χ1v) is 10.2. The lowest BCUT2D eigenvalue weighted by molar-refractivity contribution is -0.128. The van der Waals surface area contributed by atoms with Crippen molar-refractivity contribution in [2.45, 2.75) is 12.6 Å². The number of para-hydroxylation sites is 1. The van der Waals surface area contributed by atoms with Crippen molar-refractivity contribution in [3.05, 3.63) is 77.4 Å². The molecule has 0 aliphatic heterocycles. The lowest BCUT2D eigenvalue weighted by Crippen LogP contribution is -2.16. The summed E-state index contributed by atoms with van der Waals surface area (Å²) in [5, 5.41) is 15.1. The molecule has 0 radical (unpaired) electrons. The van der Waals surface area contributed by atoms with Gasteiger partial charge in [0.2, 0.25) is 6.39 Å². The Balaban J connectivity index is 1.79. The highest BCUT2D eigenvalue weighted by Gasteiger charge is 2.36. The average molecular weight is 508 g/mol. The predicted octanol–water partition coefficient (Wildman–Crippen LogP) is 6.28. The zero-order valence-corrected chi connectivity index (χ0v) is 18.0. The molecular formula is C22H11ClF5N5O2. The maximum absolute atomic E-state index is 14.7. The van der Waals surface area contributed by atoms with Gasteiger partial charge in [-0.3, -0.25) is 0 Å². The third-order valence-corrected chi connectivity index (χ3v) is 5.34. The number of hydrogen-bond donors (Lipinski definition) is 0. The van der Waals surface area contributed by atoms with Crippen LogP contribution < -0.4 is 0 Å². The molecule has 0 spiro atoms. The predicted molar refractivity (Wildman–Crippen MR) is 112 cm³/mol. The van der Waals surface area contributed by atoms with Gasteiger partial charge in [-0.2, -0.15) is 18.3 Å². The molecule has 7 nitrogen and oxygen atoms in total. The van der Waals surface area contributed by atoms with Crippen LogP contribution in [0.3, 0.4) is 0 Å². The summed E-state index contributed by atoms with van der Waals surface area (Å²) >= 11 is 6.18. The highest BCUT2D eigenvalue weighted by Crippen LogP contribution is 2.44. The molecule has 0 atom stereocenters. The van der Waals surface area contributed by atoms with Crippen LogP contribution >= 0.6 is 11.6 Å². The summed E-state index contributed by atoms with van der Waals surface area (Å²) in [6, 6.07) is 9.10. The summed E-state index contributed by atoms with van der Waals surface area (Å²) < 4.78 is 81.3. The zero-order valence-electron chi connectivity index (χ0n) is 17.2. The molecule has 0 aliphatic rings. The van der Waals surface area contributed by atoms with E-state index in [0.717, 1.165) is 29.4 Å². The van der Waals surface area contributed by atoms with Gasteiger partial charge in [-0.1, -0.05) is 35.0 Å². The molecule has 2 aromatic carbocycles. The van der Waals surface area contributed by atoms with Crippen molar-refractivity contribution in [2.24, 2.45) is 0 Å². The molecule has 3 aromatic heterocycles. The van der Waals surface area contributed by atoms with Gasteiger partial charge < -0.3 is 8.94 Å². The molecule has 178 valence electrons. The van der Waals surface area contributed by atoms with Crippen LogP contribution in [-0.2, 0) is 6.42 Å². The number of nitrogens with zero attached hydrogens (tertiary/aromatic N) is 5. The number of hydrogen-bond acceptors (Lipinski definition) is 6. The largest absolute Gasteiger partial charge is 0.423 e. The summed E-state index contributed by atoms with van der Waals surface area (Å²) in [5.41, 5.74) is -1.32. The molecule has 0 fully saturated rings. The second-order valence-corrected chi connectivity index (χ2v) is 7.64. The zero-order chi connectivity index (χ0) is 24.7. The Morgan fingerprint density at radius 2 is 1.74 bits per heavy atom. The highest BCUT2D eigenvalue weighted by molar-refractivity contribution is 6.33. The summed E-state index contributed by atoms with van der Waals surface area (Å²) in [4.78, 5) is 0. The summed E-state index contributed by atoms with van der Waals surface area (Å²) in [6.45, 7) is 0. The molecule has 0 amide bonds. The summed E-state index contributed by atoms with van der Waals surface area (Å²) in [7, 11) is 0. The number of benzene rings is 2. The Hall–Kier alpha value is -4.06. The Kier molecular flexibility index (Phi) is 5.59. The van der Waals surface area contributed by atoms with Crippen LogP contribution in [0.4, 0.5) is 22.0 Å². The fourth-order valence-corrected chi connectivity index (χ4v) is 3.86. The maximum atomic E-state index is 14.7. The first-order chi connectivity index (χ1) is 16.7. The number of aromatic nitrogens is 5. The molecule has 13 heteroatoms. The SMILES string of the molecule is Fc1ccccc1-n1ncc(-c2onc(-c3c(F)cccc3Cl)c2-c2nnco2)c1CC(F)(F)F. The van der Waals surface area contributed by atoms with Gasteiger partial charge >= 0.3 is 6.18 Å². The number of rotatable bonds is 5. The van der Waals surface area contributed by atoms with E-state index in [4.69, 9.17) is 20.5 Å². The molecule has 5 aromatic rings. The van der Waals surface area contributed by atoms with E-state index in [1.165, 1.54) is 30.3 Å². The minimum atomic E-state index is -4.69. The van der Waals surface area contributed by atoms with Crippen molar-refractivity contribution < 1.29 is 30.9 Å². The van der Waals surface area contributed by atoms with Crippen molar-refractivity contribution in [3.8, 4) is 39.7 Å². The highest BCUT2D eigenvalue weighted by atomic mass is 35.5. The van der Waals surface area contributed by atoms with Gasteiger partial charge in [0.25, 0.3) is 5.89 Å². The van der Waals surface area contributed by atoms with Gasteiger partial charge in [-0.05, 0) is 24.3 Å². The van der Waals surface area contributed by atoms with E-state index in [1.807, 2.05) is 0 Å². The topological polar surface area (TPSA) is 82.8 Å². The third-order valence-electron chi connectivity index (χ3n) is 5.03. The molecule has 0 bridgehead atoms. The fourth-order valence-electron chi connectivity index (χ4n) is 3.60. The first-order valence-electron chi connectivity index (χ1n) is 9.84. The van der Waals surface area contributed by atoms with E-state index >= 15 is 0 Å². The monoisotopic (exact) mass is 507 g/mol. The van der Waals surface area contributed by atoms with Crippen LogP contribution in [0.5, 0.6) is 0 Å². The molecule has 0 unspecified atom stereocenters. The fraction of sp³-hybridized carbons (Fsp3) is 0.0909. The van der Waals surface area contributed by atoms with Crippen LogP contribution in [0.2, 0.25) is 5.02 Å². The van der Waals surface area contributed by atoms with Crippen LogP contribution in [0, 0.1) is 11.6 Å². The van der Waals surface area contributed by atoms with Crippen molar-refractivity contribution >= 4 is 11.6 Å². The van der Waals surface area contributed by atoms with Crippen molar-refractivity contribution in [2.75, 3.05) is 0 Å². The van der Waals surface area contributed by atoms with Gasteiger partial charge in [0.15, 0.2) is 5.76 Å². The third kappa shape index (κ3) is 4.16. The van der Waals surface area contributed by atoms with Gasteiger partial charge in [-0.25, -0.2) is 13.5 Å². The van der Waals surface area contributed by atoms with Gasteiger partial charge in [0.1, 0.15) is 28.6 Å². The number of alkyl halides is 3. The minimum Gasteiger partial charge on any atom is -0.423 e. The van der Waals surface area contributed by atoms with Gasteiger partial charge in [0, 0.05) is 0 Å². The smallest absolute Gasteiger partial charge is 0.394 e. The Morgan fingerprint density at radius 1 is 0.971 bits per heavy atom. The number of halogens is 6. The van der Waals surface area contributed by atoms with Crippen LogP contribution in [0.1, 0.15) is 5.69 Å². The second kappa shape index (κ2) is 8.62. The van der Waals surface area contributed by atoms with Crippen molar-refractivity contribution in [1.82, 2.24) is 25.1 Å². The van der Waals surface area contributed by atoms with Crippen molar-refractivity contribution in [3.63, 3.8) is 0 Å². The summed E-state index contributed by atoms with van der Waals surface area (Å²) in [5.74, 6) is -2.05. The van der Waals surface area contributed by atoms with E-state index in [-0.39, 0.29) is 44.7 Å². The lowest BCUT2D eigenvalue weighted by atomic mass is 10.0. The van der Waals surface area contributed by atoms with Gasteiger partial charge in [0.05, 0.1) is 34.5 Å². The second-order valence-electron chi connectivity index (χ2n) is 7.24. The van der Waals surface area contributed by atoms with E-state index in [2.05, 4.69) is 20.5 Å². The van der Waals surface area contributed by atoms with E-state index < -0.39 is 29.9 Å². The molecule has 0 aliphatic carbocycles. The Morgan fingerprint density at radius 3 is 2.43 bits per heavy atom. The quantitative estimate of drug-likeness (QED) is 0.260. The van der Waals surface area contributed by atoms with Crippen LogP contribution in [0.25, 0.3) is 39.7 Å². The maximum Gasteiger partial charge on any atom is 0.394 e. The van der Waals surface area contributed by atoms with Crippen LogP contribution in [0.15, 0.2) is 64.0 Å². The lowest BCUT2D eigenvalue weighted by Gasteiger charge is -2.12. The Labute approximate surface area is 197 Å². The minimum absolute atomic E-state index is 0.0387. The molecule has 35 heavy (non-hydrogen) atoms. The van der Waals surface area contributed by atoms with E-state index in [0.29, 0.717) is 0 Å². The Bertz CT molecular complexity index is 1490. The van der Waals surface area contributed by atoms with Crippen molar-refractivity contribution in [1.29, 1.82) is 0 Å². The molecule has 5 rings (SSSR count). The van der Waals surface area contributed by atoms with E-state index in [9.17, 15) is 22.0 Å². The van der Waals surface area contributed by atoms with Gasteiger partial charge in [-0.15, -0.1) is 10.2 Å². The molecule has 3 heterocycles. The molecular weight excluding hydrogens is 497 g/mol. The summed E-state index contributed by atoms with van der Waals surface area (Å²) in [6.07, 6.45) is -4.16. The molecule has 0 N–H and O–H groups in total. The first kappa shape index (κ1) is 22.7. The standard InChI is InChI=1S/C22H11ClF5N5O2/c23-12-4-3-6-14(25)17(12)19-18(21-31-29-10-34-21)20(35-32-19)11-9-30-33(16(11)8-22(26,27)28)15-7-2-1-5-13(15)24/h1-7,9-10H,8H2. The van der Waals surface area contributed by atoms with Crippen LogP contribution in [-0.4, -0.2) is 31.3 Å². The van der Waals surface area contributed by atoms with E-state index in [1.54, 1.807) is 0 Å². The average Bonchev–Trinajstić information content (AvgIpc) is 3.53. The normalized spacial score (nSPS) is 11.8.